The molecular formula is C21H17FN4O2S. The van der Waals surface area contributed by atoms with Gasteiger partial charge in [0.25, 0.3) is 5.56 Å². The number of aromatic nitrogens is 3. The molecule has 2 N–H and O–H groups in total. The predicted molar refractivity (Wildman–Crippen MR) is 111 cm³/mol. The number of pyridine rings is 2. The first-order valence-corrected chi connectivity index (χ1v) is 10.2. The van der Waals surface area contributed by atoms with Gasteiger partial charge in [-0.1, -0.05) is 6.07 Å². The second-order valence-electron chi connectivity index (χ2n) is 7.28. The molecule has 0 amide bonds. The second kappa shape index (κ2) is 6.38. The number of hydrogen-bond donors (Lipinski definition) is 1. The molecule has 4 aromatic rings. The molecule has 146 valence electrons. The molecule has 0 aliphatic heterocycles. The number of rotatable bonds is 3. The highest BCUT2D eigenvalue weighted by molar-refractivity contribution is 7.08. The summed E-state index contributed by atoms with van der Waals surface area (Å²) in [5.74, 6) is 5.20. The van der Waals surface area contributed by atoms with E-state index >= 15 is 4.39 Å². The van der Waals surface area contributed by atoms with Crippen LogP contribution in [0.3, 0.4) is 0 Å². The Morgan fingerprint density at radius 1 is 1.24 bits per heavy atom. The van der Waals surface area contributed by atoms with E-state index in [1.165, 1.54) is 15.7 Å². The average molecular weight is 408 g/mol. The fraction of sp³-hybridized carbons (Fsp3) is 0.190. The normalized spacial score (nSPS) is 13.9. The van der Waals surface area contributed by atoms with Gasteiger partial charge in [-0.15, -0.1) is 0 Å². The van der Waals surface area contributed by atoms with Gasteiger partial charge in [-0.05, 0) is 48.1 Å². The maximum absolute atomic E-state index is 15.3. The first-order chi connectivity index (χ1) is 14.0. The fourth-order valence-electron chi connectivity index (χ4n) is 3.94. The lowest BCUT2D eigenvalue weighted by Gasteiger charge is -2.16. The van der Waals surface area contributed by atoms with Gasteiger partial charge >= 0.3 is 5.69 Å². The van der Waals surface area contributed by atoms with Crippen molar-refractivity contribution in [3.63, 3.8) is 0 Å². The lowest BCUT2D eigenvalue weighted by molar-refractivity contribution is 0.616. The molecule has 4 aromatic heterocycles. The standard InChI is InChI=1S/C21H17FN4O2S/c1-11-17(15-10-29-9-14(15)13-3-2-6-24-7-13)16(22)8-25-19(11)18(12-4-5-12)20(27)26(23)21(25)28/h2-3,6-10,12H,4-5,23H2,1H3. The maximum atomic E-state index is 15.3. The minimum Gasteiger partial charge on any atom is -0.332 e. The molecule has 0 bridgehead atoms. The molecule has 29 heavy (non-hydrogen) atoms. The number of nitrogens with zero attached hydrogens (tertiary/aromatic N) is 3. The molecule has 0 saturated heterocycles. The van der Waals surface area contributed by atoms with Gasteiger partial charge in [-0.3, -0.25) is 14.2 Å². The number of hydrogen-bond acceptors (Lipinski definition) is 5. The molecule has 1 aliphatic rings. The molecule has 1 saturated carbocycles. The first-order valence-electron chi connectivity index (χ1n) is 9.21. The molecule has 0 aromatic carbocycles. The number of halogens is 1. The van der Waals surface area contributed by atoms with Crippen LogP contribution in [-0.2, 0) is 0 Å². The van der Waals surface area contributed by atoms with Gasteiger partial charge < -0.3 is 5.84 Å². The van der Waals surface area contributed by atoms with Crippen molar-refractivity contribution in [3.05, 3.63) is 79.3 Å². The van der Waals surface area contributed by atoms with E-state index in [4.69, 9.17) is 5.84 Å². The van der Waals surface area contributed by atoms with E-state index < -0.39 is 17.1 Å². The number of thiophene rings is 1. The average Bonchev–Trinajstić information content (AvgIpc) is 3.45. The van der Waals surface area contributed by atoms with Gasteiger partial charge in [0.05, 0.1) is 11.7 Å². The van der Waals surface area contributed by atoms with Crippen LogP contribution in [0.25, 0.3) is 27.8 Å². The van der Waals surface area contributed by atoms with Crippen LogP contribution in [0.1, 0.15) is 29.9 Å². The van der Waals surface area contributed by atoms with E-state index in [2.05, 4.69) is 4.98 Å². The van der Waals surface area contributed by atoms with Crippen LogP contribution < -0.4 is 17.1 Å². The van der Waals surface area contributed by atoms with Crippen LogP contribution in [0.5, 0.6) is 0 Å². The van der Waals surface area contributed by atoms with Gasteiger partial charge in [0.1, 0.15) is 5.82 Å². The minimum atomic E-state index is -0.749. The highest BCUT2D eigenvalue weighted by Gasteiger charge is 2.32. The zero-order valence-electron chi connectivity index (χ0n) is 15.6. The van der Waals surface area contributed by atoms with Crippen LogP contribution in [0.15, 0.2) is 51.1 Å². The molecular weight excluding hydrogens is 391 g/mol. The summed E-state index contributed by atoms with van der Waals surface area (Å²) in [7, 11) is 0. The van der Waals surface area contributed by atoms with Crippen molar-refractivity contribution >= 4 is 16.9 Å². The second-order valence-corrected chi connectivity index (χ2v) is 8.03. The Morgan fingerprint density at radius 2 is 2.00 bits per heavy atom. The van der Waals surface area contributed by atoms with Crippen molar-refractivity contribution in [3.8, 4) is 22.3 Å². The van der Waals surface area contributed by atoms with Gasteiger partial charge in [-0.2, -0.15) is 16.0 Å². The van der Waals surface area contributed by atoms with Gasteiger partial charge in [-0.25, -0.2) is 9.18 Å². The number of nitrogens with two attached hydrogens (primary N) is 1. The third-order valence-electron chi connectivity index (χ3n) is 5.46. The molecule has 5 rings (SSSR count). The Labute approximate surface area is 168 Å². The summed E-state index contributed by atoms with van der Waals surface area (Å²) >= 11 is 1.46. The quantitative estimate of drug-likeness (QED) is 0.528. The molecule has 1 fully saturated rings. The van der Waals surface area contributed by atoms with Gasteiger partial charge in [0.2, 0.25) is 0 Å². The van der Waals surface area contributed by atoms with E-state index in [9.17, 15) is 9.59 Å². The first kappa shape index (κ1) is 17.8. The summed E-state index contributed by atoms with van der Waals surface area (Å²) in [5, 5.41) is 3.82. The lowest BCUT2D eigenvalue weighted by Crippen LogP contribution is -2.44. The zero-order valence-corrected chi connectivity index (χ0v) is 16.4. The molecule has 8 heteroatoms. The molecule has 0 radical (unpaired) electrons. The SMILES string of the molecule is Cc1c(-c2cscc2-c2cccnc2)c(F)cn2c(=O)n(N)c(=O)c(C3CC3)c12. The summed E-state index contributed by atoms with van der Waals surface area (Å²) in [6, 6.07) is 3.74. The topological polar surface area (TPSA) is 82.4 Å². The van der Waals surface area contributed by atoms with E-state index in [1.54, 1.807) is 19.3 Å². The summed E-state index contributed by atoms with van der Waals surface area (Å²) in [4.78, 5) is 29.5. The highest BCUT2D eigenvalue weighted by atomic mass is 32.1. The summed E-state index contributed by atoms with van der Waals surface area (Å²) in [6.45, 7) is 1.75. The predicted octanol–water partition coefficient (Wildman–Crippen LogP) is 3.29. The van der Waals surface area contributed by atoms with E-state index in [1.807, 2.05) is 22.9 Å². The number of fused-ring (bicyclic) bond motifs is 1. The third-order valence-corrected chi connectivity index (χ3v) is 6.20. The fourth-order valence-corrected chi connectivity index (χ4v) is 4.79. The van der Waals surface area contributed by atoms with Crippen molar-refractivity contribution in [2.24, 2.45) is 0 Å². The smallest absolute Gasteiger partial charge is 0.332 e. The molecule has 0 unspecified atom stereocenters. The van der Waals surface area contributed by atoms with Crippen molar-refractivity contribution in [1.82, 2.24) is 14.1 Å². The van der Waals surface area contributed by atoms with Crippen molar-refractivity contribution in [1.29, 1.82) is 0 Å². The van der Waals surface area contributed by atoms with E-state index in [-0.39, 0.29) is 5.92 Å². The summed E-state index contributed by atoms with van der Waals surface area (Å²) < 4.78 is 17.0. The van der Waals surface area contributed by atoms with E-state index in [0.717, 1.165) is 30.2 Å². The zero-order chi connectivity index (χ0) is 20.3. The Hall–Kier alpha value is -3.26. The van der Waals surface area contributed by atoms with Gasteiger partial charge in [0, 0.05) is 40.2 Å². The highest BCUT2D eigenvalue weighted by Crippen LogP contribution is 2.43. The minimum absolute atomic E-state index is 0.0465. The molecule has 1 aliphatic carbocycles. The van der Waals surface area contributed by atoms with Crippen LogP contribution >= 0.6 is 11.3 Å². The Morgan fingerprint density at radius 3 is 2.69 bits per heavy atom. The molecule has 4 heterocycles. The van der Waals surface area contributed by atoms with Crippen molar-refractivity contribution in [2.75, 3.05) is 5.84 Å². The summed E-state index contributed by atoms with van der Waals surface area (Å²) in [5.41, 5.74) is 3.10. The third kappa shape index (κ3) is 2.63. The van der Waals surface area contributed by atoms with Crippen LogP contribution in [0.4, 0.5) is 4.39 Å². The Balaban J connectivity index is 1.88. The monoisotopic (exact) mass is 408 g/mol. The van der Waals surface area contributed by atoms with Crippen LogP contribution in [-0.4, -0.2) is 14.1 Å². The van der Waals surface area contributed by atoms with Crippen molar-refractivity contribution < 1.29 is 4.39 Å². The Bertz CT molecular complexity index is 1380. The van der Waals surface area contributed by atoms with Crippen LogP contribution in [0.2, 0.25) is 0 Å². The Kier molecular flexibility index (Phi) is 3.92. The van der Waals surface area contributed by atoms with Crippen molar-refractivity contribution in [2.45, 2.75) is 25.7 Å². The lowest BCUT2D eigenvalue weighted by atomic mass is 9.95. The number of aryl methyl sites for hydroxylation is 1. The van der Waals surface area contributed by atoms with Gasteiger partial charge in [0.15, 0.2) is 0 Å². The molecule has 6 nitrogen and oxygen atoms in total. The maximum Gasteiger partial charge on any atom is 0.354 e. The molecule has 0 spiro atoms. The molecule has 0 atom stereocenters. The number of nitrogen functional groups attached to an aromatic ring is 1. The summed E-state index contributed by atoms with van der Waals surface area (Å²) in [6.07, 6.45) is 6.26. The largest absolute Gasteiger partial charge is 0.354 e. The van der Waals surface area contributed by atoms with Crippen LogP contribution in [0, 0.1) is 12.7 Å². The van der Waals surface area contributed by atoms with E-state index in [0.29, 0.717) is 32.4 Å².